The molecule has 2 amide bonds. The van der Waals surface area contributed by atoms with Crippen LogP contribution in [0, 0.1) is 6.92 Å². The predicted octanol–water partition coefficient (Wildman–Crippen LogP) is 4.69. The van der Waals surface area contributed by atoms with Gasteiger partial charge in [0.2, 0.25) is 0 Å². The highest BCUT2D eigenvalue weighted by Crippen LogP contribution is 2.28. The van der Waals surface area contributed by atoms with E-state index in [9.17, 15) is 4.79 Å². The molecular formula is C20H17BrN6O. The highest BCUT2D eigenvalue weighted by atomic mass is 79.9. The van der Waals surface area contributed by atoms with Gasteiger partial charge in [-0.25, -0.2) is 9.78 Å². The predicted molar refractivity (Wildman–Crippen MR) is 114 cm³/mol. The lowest BCUT2D eigenvalue weighted by Gasteiger charge is -2.11. The summed E-state index contributed by atoms with van der Waals surface area (Å²) >= 11 is 3.39. The Labute approximate surface area is 169 Å². The number of carbonyl (C=O) groups excluding carboxylic acids is 1. The third kappa shape index (κ3) is 3.41. The van der Waals surface area contributed by atoms with E-state index in [0.717, 1.165) is 26.9 Å². The normalized spacial score (nSPS) is 10.8. The van der Waals surface area contributed by atoms with Crippen molar-refractivity contribution >= 4 is 44.8 Å². The first-order chi connectivity index (χ1) is 13.5. The molecule has 4 aromatic rings. The number of fused-ring (bicyclic) bond motifs is 1. The molecule has 0 fully saturated rings. The maximum atomic E-state index is 12.2. The smallest absolute Gasteiger partial charge is 0.323 e. The number of para-hydroxylation sites is 1. The van der Waals surface area contributed by atoms with Gasteiger partial charge in [-0.3, -0.25) is 0 Å². The van der Waals surface area contributed by atoms with Crippen LogP contribution >= 0.6 is 15.9 Å². The maximum absolute atomic E-state index is 12.2. The van der Waals surface area contributed by atoms with Crippen molar-refractivity contribution in [1.29, 1.82) is 0 Å². The number of nitrogens with two attached hydrogens (primary N) is 1. The quantitative estimate of drug-likeness (QED) is 0.433. The van der Waals surface area contributed by atoms with Gasteiger partial charge in [-0.15, -0.1) is 0 Å². The van der Waals surface area contributed by atoms with Crippen LogP contribution in [0.15, 0.2) is 65.4 Å². The van der Waals surface area contributed by atoms with Crippen molar-refractivity contribution < 1.29 is 4.79 Å². The van der Waals surface area contributed by atoms with Gasteiger partial charge < -0.3 is 16.4 Å². The van der Waals surface area contributed by atoms with Crippen LogP contribution in [0.2, 0.25) is 0 Å². The average molecular weight is 437 g/mol. The molecule has 2 aromatic heterocycles. The Morgan fingerprint density at radius 1 is 1.07 bits per heavy atom. The summed E-state index contributed by atoms with van der Waals surface area (Å²) < 4.78 is 2.37. The minimum Gasteiger partial charge on any atom is -0.383 e. The number of benzene rings is 2. The second-order valence-electron chi connectivity index (χ2n) is 6.26. The van der Waals surface area contributed by atoms with Crippen molar-refractivity contribution in [3.8, 4) is 11.1 Å². The molecule has 0 aliphatic heterocycles. The Bertz CT molecular complexity index is 1170. The van der Waals surface area contributed by atoms with E-state index in [2.05, 4.69) is 36.6 Å². The fourth-order valence-corrected chi connectivity index (χ4v) is 3.24. The number of hydrogen-bond acceptors (Lipinski definition) is 4. The molecule has 0 unspecified atom stereocenters. The van der Waals surface area contributed by atoms with Gasteiger partial charge >= 0.3 is 6.03 Å². The summed E-state index contributed by atoms with van der Waals surface area (Å²) in [4.78, 5) is 16.6. The number of anilines is 3. The van der Waals surface area contributed by atoms with Gasteiger partial charge in [0.15, 0.2) is 5.65 Å². The topological polar surface area (TPSA) is 97.3 Å². The summed E-state index contributed by atoms with van der Waals surface area (Å²) in [5.41, 5.74) is 11.0. The highest BCUT2D eigenvalue weighted by molar-refractivity contribution is 9.10. The summed E-state index contributed by atoms with van der Waals surface area (Å²) in [5.74, 6) is 0.494. The fraction of sp³-hybridized carbons (Fsp3) is 0.0500. The van der Waals surface area contributed by atoms with Crippen molar-refractivity contribution in [3.63, 3.8) is 0 Å². The number of halogens is 1. The molecule has 0 radical (unpaired) electrons. The summed E-state index contributed by atoms with van der Waals surface area (Å²) in [6.07, 6.45) is 3.37. The van der Waals surface area contributed by atoms with E-state index in [0.29, 0.717) is 17.2 Å². The molecule has 8 heteroatoms. The highest BCUT2D eigenvalue weighted by Gasteiger charge is 2.11. The summed E-state index contributed by atoms with van der Waals surface area (Å²) in [7, 11) is 0. The van der Waals surface area contributed by atoms with E-state index in [-0.39, 0.29) is 6.03 Å². The van der Waals surface area contributed by atoms with E-state index < -0.39 is 0 Å². The molecule has 2 aromatic carbocycles. The molecule has 7 nitrogen and oxygen atoms in total. The second-order valence-corrected chi connectivity index (χ2v) is 7.11. The van der Waals surface area contributed by atoms with Gasteiger partial charge in [0.05, 0.1) is 10.7 Å². The Morgan fingerprint density at radius 2 is 1.82 bits per heavy atom. The Kier molecular flexibility index (Phi) is 4.70. The van der Waals surface area contributed by atoms with Crippen LogP contribution in [0.5, 0.6) is 0 Å². The minimum atomic E-state index is -0.300. The Balaban J connectivity index is 1.52. The third-order valence-electron chi connectivity index (χ3n) is 4.37. The molecule has 0 bridgehead atoms. The zero-order chi connectivity index (χ0) is 19.7. The van der Waals surface area contributed by atoms with Crippen molar-refractivity contribution in [2.24, 2.45) is 0 Å². The number of nitrogens with one attached hydrogen (secondary N) is 2. The first-order valence-electron chi connectivity index (χ1n) is 8.55. The Morgan fingerprint density at radius 3 is 2.57 bits per heavy atom. The molecule has 0 saturated carbocycles. The molecule has 28 heavy (non-hydrogen) atoms. The summed E-state index contributed by atoms with van der Waals surface area (Å²) in [5, 5.41) is 9.89. The van der Waals surface area contributed by atoms with Crippen LogP contribution in [0.4, 0.5) is 22.0 Å². The number of hydrogen-bond donors (Lipinski definition) is 3. The standard InChI is InChI=1S/C20H17BrN6O/c1-12-4-2-3-5-17(12)26-20(28)25-14-8-6-13(7-9-14)15-10-23-19-16(21)11-24-27(19)18(15)22/h2-11H,22H2,1H3,(H2,25,26,28). The van der Waals surface area contributed by atoms with Crippen molar-refractivity contribution in [2.45, 2.75) is 6.92 Å². The molecule has 140 valence electrons. The zero-order valence-electron chi connectivity index (χ0n) is 15.0. The molecule has 2 heterocycles. The molecule has 0 aliphatic rings. The molecule has 0 aliphatic carbocycles. The first-order valence-corrected chi connectivity index (χ1v) is 9.34. The van der Waals surface area contributed by atoms with Crippen LogP contribution in [-0.2, 0) is 0 Å². The van der Waals surface area contributed by atoms with Crippen molar-refractivity contribution in [2.75, 3.05) is 16.4 Å². The van der Waals surface area contributed by atoms with Crippen LogP contribution < -0.4 is 16.4 Å². The minimum absolute atomic E-state index is 0.300. The van der Waals surface area contributed by atoms with Gasteiger partial charge in [-0.1, -0.05) is 30.3 Å². The SMILES string of the molecule is Cc1ccccc1NC(=O)Nc1ccc(-c2cnc3c(Br)cnn3c2N)cc1. The lowest BCUT2D eigenvalue weighted by atomic mass is 10.1. The van der Waals surface area contributed by atoms with Gasteiger partial charge in [0.1, 0.15) is 5.82 Å². The lowest BCUT2D eigenvalue weighted by Crippen LogP contribution is -2.19. The number of urea groups is 1. The number of nitrogen functional groups attached to an aromatic ring is 1. The molecule has 0 spiro atoms. The Hall–Kier alpha value is -3.39. The van der Waals surface area contributed by atoms with Crippen LogP contribution in [0.1, 0.15) is 5.56 Å². The zero-order valence-corrected chi connectivity index (χ0v) is 16.6. The van der Waals surface area contributed by atoms with Crippen LogP contribution in [0.3, 0.4) is 0 Å². The number of nitrogens with zero attached hydrogens (tertiary/aromatic N) is 3. The van der Waals surface area contributed by atoms with Gasteiger partial charge in [-0.05, 0) is 52.2 Å². The molecular weight excluding hydrogens is 420 g/mol. The van der Waals surface area contributed by atoms with E-state index in [1.54, 1.807) is 16.9 Å². The summed E-state index contributed by atoms with van der Waals surface area (Å²) in [6, 6.07) is 14.7. The number of rotatable bonds is 3. The molecule has 0 atom stereocenters. The van der Waals surface area contributed by atoms with E-state index in [1.807, 2.05) is 55.5 Å². The van der Waals surface area contributed by atoms with Gasteiger partial charge in [0.25, 0.3) is 0 Å². The summed E-state index contributed by atoms with van der Waals surface area (Å²) in [6.45, 7) is 1.94. The first kappa shape index (κ1) is 18.0. The fourth-order valence-electron chi connectivity index (χ4n) is 2.87. The maximum Gasteiger partial charge on any atom is 0.323 e. The number of amides is 2. The largest absolute Gasteiger partial charge is 0.383 e. The molecule has 4 rings (SSSR count). The van der Waals surface area contributed by atoms with Crippen LogP contribution in [0.25, 0.3) is 16.8 Å². The van der Waals surface area contributed by atoms with E-state index >= 15 is 0 Å². The van der Waals surface area contributed by atoms with Gasteiger partial charge in [-0.2, -0.15) is 9.61 Å². The van der Waals surface area contributed by atoms with Crippen LogP contribution in [-0.4, -0.2) is 20.6 Å². The lowest BCUT2D eigenvalue weighted by molar-refractivity contribution is 0.262. The van der Waals surface area contributed by atoms with Crippen molar-refractivity contribution in [1.82, 2.24) is 14.6 Å². The van der Waals surface area contributed by atoms with E-state index in [1.165, 1.54) is 0 Å². The molecule has 0 saturated heterocycles. The van der Waals surface area contributed by atoms with Crippen molar-refractivity contribution in [3.05, 3.63) is 71.0 Å². The number of aromatic nitrogens is 3. The van der Waals surface area contributed by atoms with E-state index in [4.69, 9.17) is 5.73 Å². The molecule has 4 N–H and O–H groups in total. The monoisotopic (exact) mass is 436 g/mol. The number of carbonyl (C=O) groups is 1. The average Bonchev–Trinajstić information content (AvgIpc) is 3.07. The second kappa shape index (κ2) is 7.32. The third-order valence-corrected chi connectivity index (χ3v) is 4.93. The number of aryl methyl sites for hydroxylation is 1. The van der Waals surface area contributed by atoms with Gasteiger partial charge in [0, 0.05) is 23.1 Å².